The lowest BCUT2D eigenvalue weighted by atomic mass is 10.1. The summed E-state index contributed by atoms with van der Waals surface area (Å²) in [7, 11) is 0. The van der Waals surface area contributed by atoms with E-state index in [0.29, 0.717) is 19.3 Å². The number of carbonyl (C=O) groups excluding carboxylic acids is 3. The second-order valence-electron chi connectivity index (χ2n) is 19.5. The van der Waals surface area contributed by atoms with Gasteiger partial charge in [0.15, 0.2) is 6.10 Å². The Labute approximate surface area is 433 Å². The largest absolute Gasteiger partial charge is 0.462 e. The molecule has 1 atom stereocenters. The van der Waals surface area contributed by atoms with Crippen LogP contribution in [-0.2, 0) is 28.6 Å². The zero-order chi connectivity index (χ0) is 50.7. The number of hydrogen-bond acceptors (Lipinski definition) is 6. The average molecular weight is 976 g/mol. The molecule has 0 radical (unpaired) electrons. The average Bonchev–Trinajstić information content (AvgIpc) is 3.36. The van der Waals surface area contributed by atoms with Gasteiger partial charge in [0.05, 0.1) is 0 Å². The second-order valence-corrected chi connectivity index (χ2v) is 19.5. The first-order valence-electron chi connectivity index (χ1n) is 29.6. The van der Waals surface area contributed by atoms with Crippen LogP contribution in [0.25, 0.3) is 0 Å². The molecule has 0 saturated heterocycles. The Morgan fingerprint density at radius 3 is 0.900 bits per heavy atom. The van der Waals surface area contributed by atoms with Gasteiger partial charge >= 0.3 is 17.9 Å². The van der Waals surface area contributed by atoms with Gasteiger partial charge in [0.1, 0.15) is 13.2 Å². The predicted molar refractivity (Wildman–Crippen MR) is 302 cm³/mol. The van der Waals surface area contributed by atoms with Crippen molar-refractivity contribution in [2.45, 2.75) is 290 Å². The molecule has 1 unspecified atom stereocenters. The van der Waals surface area contributed by atoms with Crippen LogP contribution in [0.2, 0.25) is 0 Å². The smallest absolute Gasteiger partial charge is 0.306 e. The van der Waals surface area contributed by atoms with Crippen LogP contribution in [0.4, 0.5) is 0 Å². The number of rotatable bonds is 53. The van der Waals surface area contributed by atoms with Crippen molar-refractivity contribution in [2.24, 2.45) is 0 Å². The third-order valence-corrected chi connectivity index (χ3v) is 12.6. The van der Waals surface area contributed by atoms with E-state index >= 15 is 0 Å². The van der Waals surface area contributed by atoms with Crippen molar-refractivity contribution < 1.29 is 28.6 Å². The first-order valence-corrected chi connectivity index (χ1v) is 29.6. The van der Waals surface area contributed by atoms with E-state index in [1.165, 1.54) is 135 Å². The van der Waals surface area contributed by atoms with E-state index < -0.39 is 6.10 Å². The maximum Gasteiger partial charge on any atom is 0.306 e. The van der Waals surface area contributed by atoms with E-state index in [-0.39, 0.29) is 31.1 Å². The van der Waals surface area contributed by atoms with E-state index in [9.17, 15) is 14.4 Å². The molecule has 0 amide bonds. The minimum absolute atomic E-state index is 0.0899. The molecule has 0 spiro atoms. The summed E-state index contributed by atoms with van der Waals surface area (Å²) in [6.45, 7) is 6.50. The standard InChI is InChI=1S/C64H110O6/c1-4-7-10-13-16-19-22-25-28-31-32-34-36-39-42-45-48-51-54-57-63(66)69-60-61(59-68-62(65)56-53-50-47-44-41-38-35-30-27-24-21-18-15-12-9-6-3)70-64(67)58-55-52-49-46-43-40-37-33-29-26-23-20-17-14-11-8-5-2/h7,10,16,19,21,24-26,28-30,32,34-35,61H,4-6,8-9,11-15,17-18,20,22-23,27,31,33,36-60H2,1-3H3/b10-7-,19-16-,24-21-,28-25-,29-26-,34-32-,35-30-. The normalized spacial score (nSPS) is 12.7. The van der Waals surface area contributed by atoms with Gasteiger partial charge in [0, 0.05) is 19.3 Å². The molecule has 0 aliphatic heterocycles. The summed E-state index contributed by atoms with van der Waals surface area (Å²) in [5, 5.41) is 0. The highest BCUT2D eigenvalue weighted by atomic mass is 16.6. The van der Waals surface area contributed by atoms with E-state index in [2.05, 4.69) is 106 Å². The molecule has 6 nitrogen and oxygen atoms in total. The lowest BCUT2D eigenvalue weighted by molar-refractivity contribution is -0.167. The minimum atomic E-state index is -0.792. The van der Waals surface area contributed by atoms with Crippen molar-refractivity contribution in [1.29, 1.82) is 0 Å². The molecule has 6 heteroatoms. The van der Waals surface area contributed by atoms with Gasteiger partial charge in [-0.3, -0.25) is 14.4 Å². The van der Waals surface area contributed by atoms with Gasteiger partial charge in [-0.1, -0.05) is 234 Å². The Bertz CT molecular complexity index is 1350. The molecule has 0 saturated carbocycles. The molecule has 0 fully saturated rings. The Balaban J connectivity index is 4.44. The van der Waals surface area contributed by atoms with Crippen molar-refractivity contribution in [3.63, 3.8) is 0 Å². The first-order chi connectivity index (χ1) is 34.5. The van der Waals surface area contributed by atoms with Crippen molar-refractivity contribution in [2.75, 3.05) is 13.2 Å². The summed E-state index contributed by atoms with van der Waals surface area (Å²) in [6.07, 6.45) is 75.7. The monoisotopic (exact) mass is 975 g/mol. The van der Waals surface area contributed by atoms with Crippen molar-refractivity contribution >= 4 is 17.9 Å². The summed E-state index contributed by atoms with van der Waals surface area (Å²) in [6, 6.07) is 0. The zero-order valence-corrected chi connectivity index (χ0v) is 46.0. The van der Waals surface area contributed by atoms with Crippen LogP contribution < -0.4 is 0 Å². The Hall–Kier alpha value is -3.41. The number of unbranched alkanes of at least 4 members (excludes halogenated alkanes) is 28. The summed E-state index contributed by atoms with van der Waals surface area (Å²) < 4.78 is 16.9. The summed E-state index contributed by atoms with van der Waals surface area (Å²) in [4.78, 5) is 38.2. The van der Waals surface area contributed by atoms with Crippen LogP contribution in [0.1, 0.15) is 284 Å². The molecule has 0 N–H and O–H groups in total. The second kappa shape index (κ2) is 58.2. The van der Waals surface area contributed by atoms with Crippen molar-refractivity contribution in [3.05, 3.63) is 85.1 Å². The van der Waals surface area contributed by atoms with E-state index in [4.69, 9.17) is 14.2 Å². The molecule has 0 bridgehead atoms. The van der Waals surface area contributed by atoms with Crippen LogP contribution in [-0.4, -0.2) is 37.2 Å². The summed E-state index contributed by atoms with van der Waals surface area (Å²) >= 11 is 0. The fraction of sp³-hybridized carbons (Fsp3) is 0.734. The van der Waals surface area contributed by atoms with Crippen molar-refractivity contribution in [1.82, 2.24) is 0 Å². The van der Waals surface area contributed by atoms with E-state index in [1.807, 2.05) is 0 Å². The molecule has 0 rings (SSSR count). The molecule has 0 aliphatic carbocycles. The maximum absolute atomic E-state index is 12.9. The summed E-state index contributed by atoms with van der Waals surface area (Å²) in [5.74, 6) is -0.913. The Morgan fingerprint density at radius 2 is 0.557 bits per heavy atom. The van der Waals surface area contributed by atoms with Gasteiger partial charge in [0.25, 0.3) is 0 Å². The highest BCUT2D eigenvalue weighted by molar-refractivity contribution is 5.71. The first kappa shape index (κ1) is 66.6. The van der Waals surface area contributed by atoms with Crippen LogP contribution in [0.15, 0.2) is 85.1 Å². The lowest BCUT2D eigenvalue weighted by Gasteiger charge is -2.18. The Kier molecular flexibility index (Phi) is 55.3. The third kappa shape index (κ3) is 55.5. The highest BCUT2D eigenvalue weighted by Gasteiger charge is 2.19. The number of allylic oxidation sites excluding steroid dienone is 14. The molecular weight excluding hydrogens is 865 g/mol. The fourth-order valence-electron chi connectivity index (χ4n) is 8.16. The van der Waals surface area contributed by atoms with E-state index in [1.54, 1.807) is 0 Å². The minimum Gasteiger partial charge on any atom is -0.462 e. The molecular formula is C64H110O6. The molecule has 0 heterocycles. The molecule has 0 aromatic carbocycles. The lowest BCUT2D eigenvalue weighted by Crippen LogP contribution is -2.30. The highest BCUT2D eigenvalue weighted by Crippen LogP contribution is 2.15. The Morgan fingerprint density at radius 1 is 0.300 bits per heavy atom. The van der Waals surface area contributed by atoms with E-state index in [0.717, 1.165) is 109 Å². The van der Waals surface area contributed by atoms with Crippen LogP contribution >= 0.6 is 0 Å². The van der Waals surface area contributed by atoms with Gasteiger partial charge in [-0.15, -0.1) is 0 Å². The van der Waals surface area contributed by atoms with Crippen LogP contribution in [0, 0.1) is 0 Å². The van der Waals surface area contributed by atoms with Crippen molar-refractivity contribution in [3.8, 4) is 0 Å². The molecule has 70 heavy (non-hydrogen) atoms. The maximum atomic E-state index is 12.9. The molecule has 402 valence electrons. The molecule has 0 aromatic rings. The topological polar surface area (TPSA) is 78.9 Å². The summed E-state index contributed by atoms with van der Waals surface area (Å²) in [5.41, 5.74) is 0. The van der Waals surface area contributed by atoms with Gasteiger partial charge in [-0.05, 0) is 116 Å². The van der Waals surface area contributed by atoms with Gasteiger partial charge in [-0.25, -0.2) is 0 Å². The number of esters is 3. The van der Waals surface area contributed by atoms with Crippen LogP contribution in [0.5, 0.6) is 0 Å². The molecule has 0 aliphatic rings. The fourth-order valence-corrected chi connectivity index (χ4v) is 8.16. The van der Waals surface area contributed by atoms with Gasteiger partial charge in [-0.2, -0.15) is 0 Å². The SMILES string of the molecule is CC/C=C\C/C=C\C/C=C\C/C=C\CCCCCCCCC(=O)OCC(COC(=O)CCCCCCC/C=C\C/C=C\CCCCCC)OC(=O)CCCCCCCCC/C=C\CCCCCCCC. The predicted octanol–water partition coefficient (Wildman–Crippen LogP) is 19.9. The van der Waals surface area contributed by atoms with Gasteiger partial charge < -0.3 is 14.2 Å². The molecule has 0 aromatic heterocycles. The number of carbonyl (C=O) groups is 3. The van der Waals surface area contributed by atoms with Gasteiger partial charge in [0.2, 0.25) is 0 Å². The number of ether oxygens (including phenoxy) is 3. The quantitative estimate of drug-likeness (QED) is 0.0261. The zero-order valence-electron chi connectivity index (χ0n) is 46.0. The number of hydrogen-bond donors (Lipinski definition) is 0. The third-order valence-electron chi connectivity index (χ3n) is 12.6. The van der Waals surface area contributed by atoms with Crippen LogP contribution in [0.3, 0.4) is 0 Å².